The van der Waals surface area contributed by atoms with Gasteiger partial charge in [-0.15, -0.1) is 0 Å². The van der Waals surface area contributed by atoms with Crippen molar-refractivity contribution in [1.29, 1.82) is 5.26 Å². The van der Waals surface area contributed by atoms with Crippen molar-refractivity contribution in [3.05, 3.63) is 23.3 Å². The van der Waals surface area contributed by atoms with E-state index in [1.165, 1.54) is 0 Å². The number of hydrogen-bond acceptors (Lipinski definition) is 3. The molecule has 0 unspecified atom stereocenters. The van der Waals surface area contributed by atoms with E-state index in [-0.39, 0.29) is 17.0 Å². The lowest BCUT2D eigenvalue weighted by molar-refractivity contribution is -0.138. The Kier molecular flexibility index (Phi) is 2.75. The Balaban J connectivity index is 3.44. The van der Waals surface area contributed by atoms with Gasteiger partial charge >= 0.3 is 6.18 Å². The standard InChI is InChI=1S/C9H7F3N2O/c1-15-8-3-7(14)5(4-13)2-6(8)9(10,11)12/h2-3H,14H2,1H3. The summed E-state index contributed by atoms with van der Waals surface area (Å²) in [6.07, 6.45) is -4.56. The number of nitriles is 1. The molecule has 1 aromatic carbocycles. The molecule has 0 bridgehead atoms. The topological polar surface area (TPSA) is 59.0 Å². The highest BCUT2D eigenvalue weighted by atomic mass is 19.4. The number of rotatable bonds is 1. The fourth-order valence-electron chi connectivity index (χ4n) is 1.08. The molecule has 0 saturated heterocycles. The van der Waals surface area contributed by atoms with Gasteiger partial charge in [0.25, 0.3) is 0 Å². The SMILES string of the molecule is COc1cc(N)c(C#N)cc1C(F)(F)F. The molecular weight excluding hydrogens is 209 g/mol. The van der Waals surface area contributed by atoms with Crippen LogP contribution in [0.5, 0.6) is 5.75 Å². The maximum atomic E-state index is 12.5. The largest absolute Gasteiger partial charge is 0.496 e. The lowest BCUT2D eigenvalue weighted by Gasteiger charge is -2.12. The number of nitrogens with zero attached hydrogens (tertiary/aromatic N) is 1. The summed E-state index contributed by atoms with van der Waals surface area (Å²) in [5.74, 6) is -0.390. The Morgan fingerprint density at radius 1 is 1.40 bits per heavy atom. The number of alkyl halides is 3. The van der Waals surface area contributed by atoms with Crippen molar-refractivity contribution < 1.29 is 17.9 Å². The number of ether oxygens (including phenoxy) is 1. The van der Waals surface area contributed by atoms with Crippen molar-refractivity contribution in [2.45, 2.75) is 6.18 Å². The van der Waals surface area contributed by atoms with Gasteiger partial charge in [0.1, 0.15) is 11.8 Å². The zero-order valence-electron chi connectivity index (χ0n) is 7.72. The zero-order valence-corrected chi connectivity index (χ0v) is 7.72. The van der Waals surface area contributed by atoms with E-state index in [0.717, 1.165) is 13.2 Å². The maximum absolute atomic E-state index is 12.5. The minimum atomic E-state index is -4.56. The Morgan fingerprint density at radius 2 is 2.00 bits per heavy atom. The second kappa shape index (κ2) is 3.69. The number of methoxy groups -OCH3 is 1. The van der Waals surface area contributed by atoms with Gasteiger partial charge in [-0.3, -0.25) is 0 Å². The number of hydrogen-bond donors (Lipinski definition) is 1. The van der Waals surface area contributed by atoms with E-state index in [9.17, 15) is 13.2 Å². The van der Waals surface area contributed by atoms with Crippen LogP contribution in [0.1, 0.15) is 11.1 Å². The maximum Gasteiger partial charge on any atom is 0.420 e. The fourth-order valence-corrected chi connectivity index (χ4v) is 1.08. The predicted molar refractivity (Wildman–Crippen MR) is 47.1 cm³/mol. The molecule has 80 valence electrons. The molecule has 1 rings (SSSR count). The van der Waals surface area contributed by atoms with Crippen LogP contribution < -0.4 is 10.5 Å². The van der Waals surface area contributed by atoms with Crippen molar-refractivity contribution in [1.82, 2.24) is 0 Å². The Labute approximate surface area is 83.9 Å². The van der Waals surface area contributed by atoms with Crippen LogP contribution in [0.4, 0.5) is 18.9 Å². The molecule has 0 aliphatic heterocycles. The van der Waals surface area contributed by atoms with Gasteiger partial charge in [0.2, 0.25) is 0 Å². The summed E-state index contributed by atoms with van der Waals surface area (Å²) in [6.45, 7) is 0. The molecule has 0 saturated carbocycles. The minimum Gasteiger partial charge on any atom is -0.496 e. The molecule has 0 aliphatic carbocycles. The van der Waals surface area contributed by atoms with Crippen LogP contribution in [0.15, 0.2) is 12.1 Å². The minimum absolute atomic E-state index is 0.0395. The van der Waals surface area contributed by atoms with Crippen molar-refractivity contribution in [2.75, 3.05) is 12.8 Å². The third-order valence-corrected chi connectivity index (χ3v) is 1.80. The zero-order chi connectivity index (χ0) is 11.6. The van der Waals surface area contributed by atoms with Gasteiger partial charge < -0.3 is 10.5 Å². The van der Waals surface area contributed by atoms with Gasteiger partial charge in [-0.25, -0.2) is 0 Å². The molecule has 3 nitrogen and oxygen atoms in total. The molecule has 1 aromatic rings. The van der Waals surface area contributed by atoms with Crippen molar-refractivity contribution in [3.8, 4) is 11.8 Å². The monoisotopic (exact) mass is 216 g/mol. The molecule has 2 N–H and O–H groups in total. The number of halogens is 3. The van der Waals surface area contributed by atoms with Crippen molar-refractivity contribution in [2.24, 2.45) is 0 Å². The highest BCUT2D eigenvalue weighted by molar-refractivity contribution is 5.60. The number of anilines is 1. The second-order valence-electron chi connectivity index (χ2n) is 2.75. The molecule has 0 radical (unpaired) electrons. The summed E-state index contributed by atoms with van der Waals surface area (Å²) in [6, 6.07) is 3.24. The van der Waals surface area contributed by atoms with Crippen LogP contribution in [0.25, 0.3) is 0 Å². The van der Waals surface area contributed by atoms with E-state index in [1.54, 1.807) is 6.07 Å². The first kappa shape index (κ1) is 11.2. The Bertz CT molecular complexity index is 421. The highest BCUT2D eigenvalue weighted by Crippen LogP contribution is 2.38. The van der Waals surface area contributed by atoms with Gasteiger partial charge in [-0.05, 0) is 6.07 Å². The lowest BCUT2D eigenvalue weighted by Crippen LogP contribution is -2.09. The van der Waals surface area contributed by atoms with Gasteiger partial charge in [0.15, 0.2) is 0 Å². The first-order chi connectivity index (χ1) is 6.90. The van der Waals surface area contributed by atoms with Crippen LogP contribution in [0.3, 0.4) is 0 Å². The molecule has 0 spiro atoms. The molecule has 0 heterocycles. The molecule has 0 aliphatic rings. The van der Waals surface area contributed by atoms with Crippen LogP contribution in [0.2, 0.25) is 0 Å². The van der Waals surface area contributed by atoms with Gasteiger partial charge in [0.05, 0.1) is 23.9 Å². The van der Waals surface area contributed by atoms with E-state index in [2.05, 4.69) is 4.74 Å². The van der Waals surface area contributed by atoms with E-state index < -0.39 is 11.7 Å². The van der Waals surface area contributed by atoms with Crippen LogP contribution >= 0.6 is 0 Å². The van der Waals surface area contributed by atoms with E-state index >= 15 is 0 Å². The molecule has 0 fully saturated rings. The van der Waals surface area contributed by atoms with Crippen LogP contribution in [-0.4, -0.2) is 7.11 Å². The summed E-state index contributed by atoms with van der Waals surface area (Å²) in [4.78, 5) is 0. The van der Waals surface area contributed by atoms with Crippen LogP contribution in [-0.2, 0) is 6.18 Å². The van der Waals surface area contributed by atoms with Gasteiger partial charge in [-0.2, -0.15) is 18.4 Å². The Morgan fingerprint density at radius 3 is 2.40 bits per heavy atom. The molecule has 6 heteroatoms. The number of benzene rings is 1. The normalized spacial score (nSPS) is 10.9. The average molecular weight is 216 g/mol. The fraction of sp³-hybridized carbons (Fsp3) is 0.222. The summed E-state index contributed by atoms with van der Waals surface area (Å²) in [5.41, 5.74) is 4.09. The average Bonchev–Trinajstić information content (AvgIpc) is 2.15. The smallest absolute Gasteiger partial charge is 0.420 e. The third kappa shape index (κ3) is 2.13. The lowest BCUT2D eigenvalue weighted by atomic mass is 10.1. The quantitative estimate of drug-likeness (QED) is 0.732. The number of nitrogens with two attached hydrogens (primary N) is 1. The van der Waals surface area contributed by atoms with Crippen molar-refractivity contribution >= 4 is 5.69 Å². The van der Waals surface area contributed by atoms with E-state index in [1.807, 2.05) is 0 Å². The number of nitrogen functional groups attached to an aromatic ring is 1. The first-order valence-corrected chi connectivity index (χ1v) is 3.85. The summed E-state index contributed by atoms with van der Waals surface area (Å²) >= 11 is 0. The first-order valence-electron chi connectivity index (χ1n) is 3.85. The molecule has 0 aromatic heterocycles. The van der Waals surface area contributed by atoms with Gasteiger partial charge in [-0.1, -0.05) is 0 Å². The third-order valence-electron chi connectivity index (χ3n) is 1.80. The Hall–Kier alpha value is -1.90. The predicted octanol–water partition coefficient (Wildman–Crippen LogP) is 2.17. The van der Waals surface area contributed by atoms with E-state index in [4.69, 9.17) is 11.0 Å². The molecular formula is C9H7F3N2O. The summed E-state index contributed by atoms with van der Waals surface area (Å²) in [7, 11) is 1.11. The highest BCUT2D eigenvalue weighted by Gasteiger charge is 2.35. The van der Waals surface area contributed by atoms with Gasteiger partial charge in [0, 0.05) is 6.07 Å². The second-order valence-corrected chi connectivity index (χ2v) is 2.75. The molecule has 0 atom stereocenters. The van der Waals surface area contributed by atoms with Crippen LogP contribution in [0, 0.1) is 11.3 Å². The molecule has 15 heavy (non-hydrogen) atoms. The van der Waals surface area contributed by atoms with Crippen molar-refractivity contribution in [3.63, 3.8) is 0 Å². The van der Waals surface area contributed by atoms with E-state index in [0.29, 0.717) is 6.07 Å². The summed E-state index contributed by atoms with van der Waals surface area (Å²) in [5, 5.41) is 8.53. The molecule has 0 amide bonds. The summed E-state index contributed by atoms with van der Waals surface area (Å²) < 4.78 is 41.9.